The molecule has 1 aromatic rings. The minimum absolute atomic E-state index is 0.176. The number of hydrogen-bond acceptors (Lipinski definition) is 2. The Morgan fingerprint density at radius 1 is 1.26 bits per heavy atom. The Morgan fingerprint density at radius 2 is 1.95 bits per heavy atom. The predicted octanol–water partition coefficient (Wildman–Crippen LogP) is 3.51. The van der Waals surface area contributed by atoms with Gasteiger partial charge in [-0.25, -0.2) is 0 Å². The van der Waals surface area contributed by atoms with Gasteiger partial charge in [0.05, 0.1) is 0 Å². The summed E-state index contributed by atoms with van der Waals surface area (Å²) >= 11 is 0. The second kappa shape index (κ2) is 6.53. The first-order valence-corrected chi connectivity index (χ1v) is 7.63. The first-order valence-electron chi connectivity index (χ1n) is 7.63. The Bertz CT molecular complexity index is 396. The first kappa shape index (κ1) is 14.5. The molecule has 0 aliphatic heterocycles. The summed E-state index contributed by atoms with van der Waals surface area (Å²) in [4.78, 5) is 2.64. The van der Waals surface area contributed by atoms with Crippen LogP contribution < -0.4 is 5.73 Å². The van der Waals surface area contributed by atoms with Crippen LogP contribution in [0.3, 0.4) is 0 Å². The first-order chi connectivity index (χ1) is 9.08. The van der Waals surface area contributed by atoms with Crippen molar-refractivity contribution in [3.05, 3.63) is 35.4 Å². The molecular formula is C17H28N2. The molecule has 0 heterocycles. The normalized spacial score (nSPS) is 17.2. The second-order valence-corrected chi connectivity index (χ2v) is 6.37. The molecule has 1 aliphatic carbocycles. The Labute approximate surface area is 118 Å². The van der Waals surface area contributed by atoms with Crippen LogP contribution in [-0.2, 0) is 0 Å². The Hall–Kier alpha value is -0.860. The highest BCUT2D eigenvalue weighted by molar-refractivity contribution is 5.28. The van der Waals surface area contributed by atoms with Crippen molar-refractivity contribution in [1.29, 1.82) is 0 Å². The van der Waals surface area contributed by atoms with Gasteiger partial charge in [-0.3, -0.25) is 0 Å². The van der Waals surface area contributed by atoms with Gasteiger partial charge in [0.25, 0.3) is 0 Å². The molecule has 1 saturated carbocycles. The van der Waals surface area contributed by atoms with Gasteiger partial charge in [0.1, 0.15) is 0 Å². The zero-order valence-electron chi connectivity index (χ0n) is 12.6. The molecule has 1 unspecified atom stereocenters. The minimum Gasteiger partial charge on any atom is -0.324 e. The molecule has 0 radical (unpaired) electrons. The van der Waals surface area contributed by atoms with E-state index in [1.807, 2.05) is 0 Å². The van der Waals surface area contributed by atoms with E-state index >= 15 is 0 Å². The van der Waals surface area contributed by atoms with Gasteiger partial charge in [-0.1, -0.05) is 38.1 Å². The highest BCUT2D eigenvalue weighted by atomic mass is 15.2. The number of rotatable bonds is 7. The molecule has 1 aliphatic rings. The fraction of sp³-hybridized carbons (Fsp3) is 0.647. The van der Waals surface area contributed by atoms with E-state index in [4.69, 9.17) is 5.73 Å². The van der Waals surface area contributed by atoms with E-state index in [1.165, 1.54) is 30.5 Å². The van der Waals surface area contributed by atoms with Gasteiger partial charge in [-0.15, -0.1) is 0 Å². The fourth-order valence-electron chi connectivity index (χ4n) is 2.79. The van der Waals surface area contributed by atoms with Crippen LogP contribution in [0.5, 0.6) is 0 Å². The van der Waals surface area contributed by atoms with Gasteiger partial charge in [-0.05, 0) is 43.2 Å². The van der Waals surface area contributed by atoms with Crippen molar-refractivity contribution < 1.29 is 0 Å². The van der Waals surface area contributed by atoms with Crippen LogP contribution >= 0.6 is 0 Å². The van der Waals surface area contributed by atoms with E-state index in [-0.39, 0.29) is 6.04 Å². The van der Waals surface area contributed by atoms with Gasteiger partial charge in [0.2, 0.25) is 0 Å². The van der Waals surface area contributed by atoms with Crippen molar-refractivity contribution >= 4 is 0 Å². The summed E-state index contributed by atoms with van der Waals surface area (Å²) in [6, 6.07) is 9.52. The van der Waals surface area contributed by atoms with Crippen molar-refractivity contribution in [3.8, 4) is 0 Å². The Balaban J connectivity index is 1.88. The molecule has 0 spiro atoms. The second-order valence-electron chi connectivity index (χ2n) is 6.37. The molecule has 1 atom stereocenters. The van der Waals surface area contributed by atoms with Gasteiger partial charge in [0.15, 0.2) is 0 Å². The van der Waals surface area contributed by atoms with Gasteiger partial charge in [-0.2, -0.15) is 0 Å². The van der Waals surface area contributed by atoms with Crippen LogP contribution in [0.4, 0.5) is 0 Å². The summed E-state index contributed by atoms with van der Waals surface area (Å²) in [6.45, 7) is 9.11. The zero-order valence-corrected chi connectivity index (χ0v) is 12.6. The topological polar surface area (TPSA) is 29.3 Å². The summed E-state index contributed by atoms with van der Waals surface area (Å²) in [6.07, 6.45) is 3.83. The molecular weight excluding hydrogens is 232 g/mol. The standard InChI is InChI=1S/C17H28N2/c1-13(2)12-19(15-8-9-15)11-10-17(18)16-7-5-4-6-14(16)3/h4-7,13,15,17H,8-12,18H2,1-3H3. The summed E-state index contributed by atoms with van der Waals surface area (Å²) in [5.74, 6) is 0.746. The predicted molar refractivity (Wildman–Crippen MR) is 82.2 cm³/mol. The maximum absolute atomic E-state index is 6.37. The van der Waals surface area contributed by atoms with Gasteiger partial charge >= 0.3 is 0 Å². The van der Waals surface area contributed by atoms with Crippen molar-refractivity contribution in [3.63, 3.8) is 0 Å². The van der Waals surface area contributed by atoms with Crippen LogP contribution in [0.25, 0.3) is 0 Å². The molecule has 2 heteroatoms. The zero-order chi connectivity index (χ0) is 13.8. The molecule has 1 fully saturated rings. The van der Waals surface area contributed by atoms with Crippen LogP contribution in [0, 0.1) is 12.8 Å². The summed E-state index contributed by atoms with van der Waals surface area (Å²) in [5, 5.41) is 0. The average Bonchev–Trinajstić information content (AvgIpc) is 3.18. The monoisotopic (exact) mass is 260 g/mol. The minimum atomic E-state index is 0.176. The Kier molecular flexibility index (Phi) is 5.00. The maximum atomic E-state index is 6.37. The molecule has 0 amide bonds. The van der Waals surface area contributed by atoms with Crippen molar-refractivity contribution in [2.24, 2.45) is 11.7 Å². The third-order valence-electron chi connectivity index (χ3n) is 3.98. The third kappa shape index (κ3) is 4.32. The molecule has 2 rings (SSSR count). The van der Waals surface area contributed by atoms with Crippen LogP contribution in [-0.4, -0.2) is 24.0 Å². The average molecular weight is 260 g/mol. The fourth-order valence-corrected chi connectivity index (χ4v) is 2.79. The lowest BCUT2D eigenvalue weighted by molar-refractivity contribution is 0.226. The largest absolute Gasteiger partial charge is 0.324 e. The van der Waals surface area contributed by atoms with Crippen molar-refractivity contribution in [2.45, 2.75) is 52.1 Å². The SMILES string of the molecule is Cc1ccccc1C(N)CCN(CC(C)C)C1CC1. The van der Waals surface area contributed by atoms with Crippen LogP contribution in [0.2, 0.25) is 0 Å². The maximum Gasteiger partial charge on any atom is 0.0309 e. The number of hydrogen-bond donors (Lipinski definition) is 1. The molecule has 2 N–H and O–H groups in total. The number of aryl methyl sites for hydroxylation is 1. The lowest BCUT2D eigenvalue weighted by Crippen LogP contribution is -2.32. The van der Waals surface area contributed by atoms with Crippen LogP contribution in [0.15, 0.2) is 24.3 Å². The van der Waals surface area contributed by atoms with Crippen LogP contribution in [0.1, 0.15) is 50.3 Å². The summed E-state index contributed by atoms with van der Waals surface area (Å²) < 4.78 is 0. The highest BCUT2D eigenvalue weighted by Crippen LogP contribution is 2.28. The number of nitrogens with two attached hydrogens (primary N) is 1. The highest BCUT2D eigenvalue weighted by Gasteiger charge is 2.29. The van der Waals surface area contributed by atoms with E-state index in [0.29, 0.717) is 0 Å². The third-order valence-corrected chi connectivity index (χ3v) is 3.98. The number of nitrogens with zero attached hydrogens (tertiary/aromatic N) is 1. The summed E-state index contributed by atoms with van der Waals surface area (Å²) in [5.41, 5.74) is 8.99. The lowest BCUT2D eigenvalue weighted by Gasteiger charge is -2.26. The van der Waals surface area contributed by atoms with Crippen molar-refractivity contribution in [2.75, 3.05) is 13.1 Å². The molecule has 19 heavy (non-hydrogen) atoms. The molecule has 0 bridgehead atoms. The van der Waals surface area contributed by atoms with E-state index in [2.05, 4.69) is 49.9 Å². The number of benzene rings is 1. The van der Waals surface area contributed by atoms with Gasteiger partial charge < -0.3 is 10.6 Å². The smallest absolute Gasteiger partial charge is 0.0309 e. The molecule has 0 saturated heterocycles. The van der Waals surface area contributed by atoms with E-state index in [1.54, 1.807) is 0 Å². The van der Waals surface area contributed by atoms with E-state index in [9.17, 15) is 0 Å². The van der Waals surface area contributed by atoms with Gasteiger partial charge in [0, 0.05) is 25.2 Å². The molecule has 106 valence electrons. The Morgan fingerprint density at radius 3 is 2.53 bits per heavy atom. The lowest BCUT2D eigenvalue weighted by atomic mass is 9.99. The van der Waals surface area contributed by atoms with E-state index in [0.717, 1.165) is 24.9 Å². The van der Waals surface area contributed by atoms with Crippen molar-refractivity contribution in [1.82, 2.24) is 4.90 Å². The molecule has 1 aromatic carbocycles. The van der Waals surface area contributed by atoms with E-state index < -0.39 is 0 Å². The quantitative estimate of drug-likeness (QED) is 0.813. The molecule has 0 aromatic heterocycles. The molecule has 2 nitrogen and oxygen atoms in total. The summed E-state index contributed by atoms with van der Waals surface area (Å²) in [7, 11) is 0.